The normalized spacial score (nSPS) is 12.0. The van der Waals surface area contributed by atoms with Crippen LogP contribution >= 0.6 is 11.6 Å². The Labute approximate surface area is 149 Å². The quantitative estimate of drug-likeness (QED) is 0.750. The van der Waals surface area contributed by atoms with E-state index in [0.29, 0.717) is 16.4 Å². The number of benzene rings is 1. The van der Waals surface area contributed by atoms with Gasteiger partial charge in [0.15, 0.2) is 0 Å². The molecule has 2 aromatic heterocycles. The largest absolute Gasteiger partial charge is 0.459 e. The van der Waals surface area contributed by atoms with E-state index in [1.165, 1.54) is 7.05 Å². The molecule has 128 valence electrons. The fourth-order valence-electron chi connectivity index (χ4n) is 2.41. The first kappa shape index (κ1) is 17.0. The minimum absolute atomic E-state index is 0.159. The summed E-state index contributed by atoms with van der Waals surface area (Å²) in [6.07, 6.45) is 0. The van der Waals surface area contributed by atoms with Crippen LogP contribution in [0.4, 0.5) is 0 Å². The summed E-state index contributed by atoms with van der Waals surface area (Å²) in [7, 11) is 1.51. The van der Waals surface area contributed by atoms with E-state index >= 15 is 0 Å². The Bertz CT molecular complexity index is 952. The number of hydrogen-bond donors (Lipinski definition) is 2. The van der Waals surface area contributed by atoms with Crippen LogP contribution in [0.25, 0.3) is 11.0 Å². The number of nitrogens with zero attached hydrogens (tertiary/aromatic N) is 1. The van der Waals surface area contributed by atoms with Crippen molar-refractivity contribution in [3.8, 4) is 0 Å². The van der Waals surface area contributed by atoms with Crippen molar-refractivity contribution >= 4 is 34.4 Å². The Morgan fingerprint density at radius 2 is 1.84 bits per heavy atom. The molecule has 0 radical (unpaired) electrons. The molecule has 0 aliphatic carbocycles. The van der Waals surface area contributed by atoms with Gasteiger partial charge >= 0.3 is 0 Å². The van der Waals surface area contributed by atoms with Crippen molar-refractivity contribution in [1.29, 1.82) is 0 Å². The second-order valence-corrected chi connectivity index (χ2v) is 5.95. The van der Waals surface area contributed by atoms with E-state index < -0.39 is 5.91 Å². The molecule has 1 unspecified atom stereocenters. The Balaban J connectivity index is 1.78. The van der Waals surface area contributed by atoms with E-state index in [0.717, 1.165) is 5.39 Å². The van der Waals surface area contributed by atoms with Gasteiger partial charge in [-0.05, 0) is 43.3 Å². The SMILES string of the molecule is CNC(=O)c1cccc(C(=O)NC(C)c2cc3cc(Cl)ccc3o2)n1. The zero-order chi connectivity index (χ0) is 18.0. The topological polar surface area (TPSA) is 84.2 Å². The lowest BCUT2D eigenvalue weighted by molar-refractivity contribution is 0.0930. The average Bonchev–Trinajstić information content (AvgIpc) is 3.04. The molecule has 2 N–H and O–H groups in total. The van der Waals surface area contributed by atoms with Crippen LogP contribution in [-0.4, -0.2) is 23.8 Å². The van der Waals surface area contributed by atoms with Gasteiger partial charge < -0.3 is 15.1 Å². The van der Waals surface area contributed by atoms with Crippen molar-refractivity contribution in [3.63, 3.8) is 0 Å². The fourth-order valence-corrected chi connectivity index (χ4v) is 2.59. The number of aromatic nitrogens is 1. The second kappa shape index (κ2) is 6.94. The van der Waals surface area contributed by atoms with Gasteiger partial charge in [0.05, 0.1) is 6.04 Å². The van der Waals surface area contributed by atoms with Crippen molar-refractivity contribution in [2.24, 2.45) is 0 Å². The predicted octanol–water partition coefficient (Wildman–Crippen LogP) is 3.33. The van der Waals surface area contributed by atoms with Gasteiger partial charge in [0, 0.05) is 17.5 Å². The van der Waals surface area contributed by atoms with Gasteiger partial charge in [0.2, 0.25) is 0 Å². The van der Waals surface area contributed by atoms with Gasteiger partial charge in [-0.1, -0.05) is 17.7 Å². The third-order valence-corrected chi connectivity index (χ3v) is 3.95. The number of hydrogen-bond acceptors (Lipinski definition) is 4. The zero-order valence-electron chi connectivity index (χ0n) is 13.7. The van der Waals surface area contributed by atoms with Crippen molar-refractivity contribution in [1.82, 2.24) is 15.6 Å². The minimum Gasteiger partial charge on any atom is -0.459 e. The zero-order valence-corrected chi connectivity index (χ0v) is 14.4. The molecule has 1 atom stereocenters. The summed E-state index contributed by atoms with van der Waals surface area (Å²) in [5.41, 5.74) is 1.04. The monoisotopic (exact) mass is 357 g/mol. The lowest BCUT2D eigenvalue weighted by Gasteiger charge is -2.11. The molecule has 2 heterocycles. The highest BCUT2D eigenvalue weighted by molar-refractivity contribution is 6.31. The van der Waals surface area contributed by atoms with Gasteiger partial charge in [0.1, 0.15) is 22.7 Å². The number of pyridine rings is 1. The summed E-state index contributed by atoms with van der Waals surface area (Å²) >= 11 is 5.97. The molecule has 0 fully saturated rings. The van der Waals surface area contributed by atoms with Crippen LogP contribution in [-0.2, 0) is 0 Å². The standard InChI is InChI=1S/C18H16ClN3O3/c1-10(16-9-11-8-12(19)6-7-15(11)25-16)21-18(24)14-5-3-4-13(22-14)17(23)20-2/h3-10H,1-2H3,(H,20,23)(H,21,24). The Morgan fingerprint density at radius 1 is 1.12 bits per heavy atom. The average molecular weight is 358 g/mol. The summed E-state index contributed by atoms with van der Waals surface area (Å²) in [5.74, 6) is -0.137. The number of carbonyl (C=O) groups is 2. The molecule has 0 spiro atoms. The molecule has 0 aliphatic rings. The second-order valence-electron chi connectivity index (χ2n) is 5.51. The maximum Gasteiger partial charge on any atom is 0.270 e. The third kappa shape index (κ3) is 3.64. The molecule has 0 saturated carbocycles. The van der Waals surface area contributed by atoms with Crippen LogP contribution < -0.4 is 10.6 Å². The number of nitrogens with one attached hydrogen (secondary N) is 2. The molecule has 7 heteroatoms. The van der Waals surface area contributed by atoms with E-state index in [9.17, 15) is 9.59 Å². The first-order valence-electron chi connectivity index (χ1n) is 7.67. The molecule has 6 nitrogen and oxygen atoms in total. The Kier molecular flexibility index (Phi) is 4.72. The van der Waals surface area contributed by atoms with Crippen LogP contribution in [0.3, 0.4) is 0 Å². The number of furan rings is 1. The smallest absolute Gasteiger partial charge is 0.270 e. The highest BCUT2D eigenvalue weighted by Gasteiger charge is 2.17. The fraction of sp³-hybridized carbons (Fsp3) is 0.167. The molecule has 3 aromatic rings. The molecule has 0 bridgehead atoms. The summed E-state index contributed by atoms with van der Waals surface area (Å²) in [6.45, 7) is 1.81. The molecule has 0 saturated heterocycles. The lowest BCUT2D eigenvalue weighted by Crippen LogP contribution is -2.28. The summed E-state index contributed by atoms with van der Waals surface area (Å²) < 4.78 is 5.74. The maximum atomic E-state index is 12.4. The van der Waals surface area contributed by atoms with E-state index in [-0.39, 0.29) is 23.3 Å². The van der Waals surface area contributed by atoms with E-state index in [1.807, 2.05) is 6.07 Å². The van der Waals surface area contributed by atoms with Crippen molar-refractivity contribution in [3.05, 3.63) is 64.6 Å². The summed E-state index contributed by atoms with van der Waals surface area (Å²) in [6, 6.07) is 11.5. The van der Waals surface area contributed by atoms with Crippen LogP contribution in [0, 0.1) is 0 Å². The van der Waals surface area contributed by atoms with Gasteiger partial charge in [-0.3, -0.25) is 9.59 Å². The van der Waals surface area contributed by atoms with Crippen molar-refractivity contribution in [2.75, 3.05) is 7.05 Å². The predicted molar refractivity (Wildman–Crippen MR) is 94.7 cm³/mol. The van der Waals surface area contributed by atoms with Crippen LogP contribution in [0.2, 0.25) is 5.02 Å². The van der Waals surface area contributed by atoms with Crippen molar-refractivity contribution < 1.29 is 14.0 Å². The first-order valence-corrected chi connectivity index (χ1v) is 8.04. The Hall–Kier alpha value is -2.86. The van der Waals surface area contributed by atoms with E-state index in [1.54, 1.807) is 43.3 Å². The first-order chi connectivity index (χ1) is 12.0. The van der Waals surface area contributed by atoms with Gasteiger partial charge in [0.25, 0.3) is 11.8 Å². The van der Waals surface area contributed by atoms with E-state index in [4.69, 9.17) is 16.0 Å². The van der Waals surface area contributed by atoms with Crippen LogP contribution in [0.15, 0.2) is 46.9 Å². The Morgan fingerprint density at radius 3 is 2.56 bits per heavy atom. The van der Waals surface area contributed by atoms with Gasteiger partial charge in [-0.15, -0.1) is 0 Å². The van der Waals surface area contributed by atoms with Gasteiger partial charge in [-0.25, -0.2) is 4.98 Å². The van der Waals surface area contributed by atoms with E-state index in [2.05, 4.69) is 15.6 Å². The number of amides is 2. The number of carbonyl (C=O) groups excluding carboxylic acids is 2. The van der Waals surface area contributed by atoms with Crippen LogP contribution in [0.5, 0.6) is 0 Å². The van der Waals surface area contributed by atoms with Gasteiger partial charge in [-0.2, -0.15) is 0 Å². The number of halogens is 1. The van der Waals surface area contributed by atoms with Crippen LogP contribution in [0.1, 0.15) is 39.7 Å². The molecule has 2 amide bonds. The summed E-state index contributed by atoms with van der Waals surface area (Å²) in [4.78, 5) is 28.1. The minimum atomic E-state index is -0.392. The molecular formula is C18H16ClN3O3. The third-order valence-electron chi connectivity index (χ3n) is 3.71. The molecule has 3 rings (SSSR count). The highest BCUT2D eigenvalue weighted by atomic mass is 35.5. The lowest BCUT2D eigenvalue weighted by atomic mass is 10.2. The number of rotatable bonds is 4. The molecular weight excluding hydrogens is 342 g/mol. The molecule has 0 aliphatic heterocycles. The summed E-state index contributed by atoms with van der Waals surface area (Å²) in [5, 5.41) is 6.77. The highest BCUT2D eigenvalue weighted by Crippen LogP contribution is 2.26. The molecule has 25 heavy (non-hydrogen) atoms. The maximum absolute atomic E-state index is 12.4. The molecule has 1 aromatic carbocycles. The van der Waals surface area contributed by atoms with Crippen molar-refractivity contribution in [2.45, 2.75) is 13.0 Å². The number of fused-ring (bicyclic) bond motifs is 1.